The Bertz CT molecular complexity index is 623. The summed E-state index contributed by atoms with van der Waals surface area (Å²) >= 11 is 1.97. The fourth-order valence-corrected chi connectivity index (χ4v) is 3.95. The van der Waals surface area contributed by atoms with Gasteiger partial charge < -0.3 is 11.1 Å². The lowest BCUT2D eigenvalue weighted by Crippen LogP contribution is -2.35. The molecule has 0 unspecified atom stereocenters. The van der Waals surface area contributed by atoms with Gasteiger partial charge in [0, 0.05) is 11.3 Å². The number of nitrogen functional groups attached to an aromatic ring is 1. The van der Waals surface area contributed by atoms with E-state index in [0.29, 0.717) is 16.4 Å². The first-order valence-corrected chi connectivity index (χ1v) is 8.76. The van der Waals surface area contributed by atoms with Crippen LogP contribution in [0.15, 0.2) is 24.3 Å². The molecule has 1 aliphatic rings. The number of hydrogen-bond donors (Lipinski definition) is 2. The third-order valence-electron chi connectivity index (χ3n) is 4.37. The monoisotopic (exact) mass is 302 g/mol. The van der Waals surface area contributed by atoms with E-state index in [1.165, 1.54) is 32.1 Å². The summed E-state index contributed by atoms with van der Waals surface area (Å²) in [5, 5.41) is 3.45. The van der Waals surface area contributed by atoms with Crippen LogP contribution in [0.1, 0.15) is 32.1 Å². The smallest absolute Gasteiger partial charge is 0.169 e. The summed E-state index contributed by atoms with van der Waals surface area (Å²) < 4.78 is 0.317. The average molecular weight is 302 g/mol. The largest absolute Gasteiger partial charge is 0.381 e. The predicted molar refractivity (Wildman–Crippen MR) is 91.8 cm³/mol. The molecule has 0 atom stereocenters. The minimum absolute atomic E-state index is 0.317. The number of thioether (sulfide) groups is 1. The minimum Gasteiger partial charge on any atom is -0.381 e. The molecule has 1 aliphatic carbocycles. The second kappa shape index (κ2) is 6.10. The van der Waals surface area contributed by atoms with Gasteiger partial charge in [0.1, 0.15) is 0 Å². The molecule has 4 nitrogen and oxygen atoms in total. The van der Waals surface area contributed by atoms with Gasteiger partial charge in [0.25, 0.3) is 0 Å². The number of nitrogens with zero attached hydrogens (tertiary/aromatic N) is 2. The molecule has 21 heavy (non-hydrogen) atoms. The second-order valence-electron chi connectivity index (χ2n) is 5.75. The van der Waals surface area contributed by atoms with Crippen molar-refractivity contribution in [2.24, 2.45) is 0 Å². The summed E-state index contributed by atoms with van der Waals surface area (Å²) in [6, 6.07) is 7.83. The molecule has 0 saturated heterocycles. The standard InChI is InChI=1S/C16H22N4S/c1-21-16(9-5-2-6-10-16)11-18-15-14(17)19-12-7-3-4-8-13(12)20-15/h3-4,7-8H,2,5-6,9-11H2,1H3,(H2,17,19)(H,18,20). The van der Waals surface area contributed by atoms with Crippen LogP contribution in [-0.2, 0) is 0 Å². The van der Waals surface area contributed by atoms with Crippen molar-refractivity contribution in [3.05, 3.63) is 24.3 Å². The van der Waals surface area contributed by atoms with E-state index in [9.17, 15) is 0 Å². The van der Waals surface area contributed by atoms with Gasteiger partial charge in [-0.2, -0.15) is 11.8 Å². The number of benzene rings is 1. The molecule has 2 aromatic rings. The van der Waals surface area contributed by atoms with Crippen LogP contribution in [-0.4, -0.2) is 27.5 Å². The third-order valence-corrected chi connectivity index (χ3v) is 5.79. The van der Waals surface area contributed by atoms with E-state index in [4.69, 9.17) is 5.73 Å². The predicted octanol–water partition coefficient (Wildman–Crippen LogP) is 3.69. The maximum absolute atomic E-state index is 6.04. The Morgan fingerprint density at radius 3 is 2.48 bits per heavy atom. The van der Waals surface area contributed by atoms with Gasteiger partial charge in [0.15, 0.2) is 11.6 Å². The maximum atomic E-state index is 6.04. The van der Waals surface area contributed by atoms with Crippen molar-refractivity contribution in [1.82, 2.24) is 9.97 Å². The molecule has 1 saturated carbocycles. The molecular formula is C16H22N4S. The molecule has 1 aromatic carbocycles. The molecule has 3 N–H and O–H groups in total. The number of anilines is 2. The Morgan fingerprint density at radius 1 is 1.14 bits per heavy atom. The first kappa shape index (κ1) is 14.4. The zero-order valence-corrected chi connectivity index (χ0v) is 13.2. The van der Waals surface area contributed by atoms with E-state index in [-0.39, 0.29) is 0 Å². The summed E-state index contributed by atoms with van der Waals surface area (Å²) in [6.07, 6.45) is 8.75. The van der Waals surface area contributed by atoms with Crippen LogP contribution in [0, 0.1) is 0 Å². The van der Waals surface area contributed by atoms with Crippen LogP contribution in [0.2, 0.25) is 0 Å². The molecule has 1 heterocycles. The van der Waals surface area contributed by atoms with Crippen LogP contribution in [0.5, 0.6) is 0 Å². The van der Waals surface area contributed by atoms with Gasteiger partial charge in [-0.15, -0.1) is 0 Å². The number of rotatable bonds is 4. The Labute approximate surface area is 129 Å². The third kappa shape index (κ3) is 3.07. The van der Waals surface area contributed by atoms with Crippen molar-refractivity contribution in [2.75, 3.05) is 23.9 Å². The van der Waals surface area contributed by atoms with Gasteiger partial charge in [-0.05, 0) is 31.2 Å². The van der Waals surface area contributed by atoms with Crippen molar-refractivity contribution in [2.45, 2.75) is 36.9 Å². The van der Waals surface area contributed by atoms with Gasteiger partial charge in [0.2, 0.25) is 0 Å². The summed E-state index contributed by atoms with van der Waals surface area (Å²) in [4.78, 5) is 9.05. The van der Waals surface area contributed by atoms with Crippen LogP contribution < -0.4 is 11.1 Å². The van der Waals surface area contributed by atoms with Crippen LogP contribution >= 0.6 is 11.8 Å². The molecule has 112 valence electrons. The fourth-order valence-electron chi connectivity index (χ4n) is 3.04. The summed E-state index contributed by atoms with van der Waals surface area (Å²) in [6.45, 7) is 0.908. The zero-order valence-electron chi connectivity index (χ0n) is 12.4. The highest BCUT2D eigenvalue weighted by molar-refractivity contribution is 8.00. The molecule has 1 fully saturated rings. The van der Waals surface area contributed by atoms with Gasteiger partial charge in [0.05, 0.1) is 11.0 Å². The van der Waals surface area contributed by atoms with Crippen LogP contribution in [0.25, 0.3) is 11.0 Å². The summed E-state index contributed by atoms with van der Waals surface area (Å²) in [5.74, 6) is 1.20. The van der Waals surface area contributed by atoms with E-state index in [0.717, 1.165) is 17.6 Å². The molecule has 1 aromatic heterocycles. The van der Waals surface area contributed by atoms with E-state index >= 15 is 0 Å². The highest BCUT2D eigenvalue weighted by atomic mass is 32.2. The topological polar surface area (TPSA) is 63.8 Å². The van der Waals surface area contributed by atoms with Crippen molar-refractivity contribution in [3.8, 4) is 0 Å². The highest BCUT2D eigenvalue weighted by Gasteiger charge is 2.31. The van der Waals surface area contributed by atoms with E-state index < -0.39 is 0 Å². The molecule has 0 amide bonds. The molecule has 0 aliphatic heterocycles. The van der Waals surface area contributed by atoms with E-state index in [1.54, 1.807) is 0 Å². The number of hydrogen-bond acceptors (Lipinski definition) is 5. The van der Waals surface area contributed by atoms with Crippen LogP contribution in [0.3, 0.4) is 0 Å². The Balaban J connectivity index is 1.79. The zero-order chi connectivity index (χ0) is 14.7. The van der Waals surface area contributed by atoms with Crippen molar-refractivity contribution in [3.63, 3.8) is 0 Å². The Morgan fingerprint density at radius 2 is 1.81 bits per heavy atom. The molecule has 0 radical (unpaired) electrons. The quantitative estimate of drug-likeness (QED) is 0.902. The maximum Gasteiger partial charge on any atom is 0.169 e. The lowest BCUT2D eigenvalue weighted by molar-refractivity contribution is 0.411. The lowest BCUT2D eigenvalue weighted by Gasteiger charge is -2.36. The van der Waals surface area contributed by atoms with E-state index in [2.05, 4.69) is 21.5 Å². The van der Waals surface area contributed by atoms with Crippen LogP contribution in [0.4, 0.5) is 11.6 Å². The highest BCUT2D eigenvalue weighted by Crippen LogP contribution is 2.38. The van der Waals surface area contributed by atoms with Gasteiger partial charge in [-0.3, -0.25) is 0 Å². The minimum atomic E-state index is 0.317. The molecule has 0 spiro atoms. The Kier molecular flexibility index (Phi) is 4.19. The number of para-hydroxylation sites is 2. The van der Waals surface area contributed by atoms with E-state index in [1.807, 2.05) is 36.0 Å². The SMILES string of the molecule is CSC1(CNc2nc3ccccc3nc2N)CCCCC1. The molecule has 5 heteroatoms. The Hall–Kier alpha value is -1.49. The molecule has 0 bridgehead atoms. The normalized spacial score (nSPS) is 17.8. The van der Waals surface area contributed by atoms with Gasteiger partial charge in [-0.1, -0.05) is 31.4 Å². The van der Waals surface area contributed by atoms with Crippen molar-refractivity contribution < 1.29 is 0 Å². The summed E-state index contributed by atoms with van der Waals surface area (Å²) in [5.41, 5.74) is 7.77. The number of nitrogens with one attached hydrogen (secondary N) is 1. The van der Waals surface area contributed by atoms with Gasteiger partial charge in [-0.25, -0.2) is 9.97 Å². The second-order valence-corrected chi connectivity index (χ2v) is 7.02. The lowest BCUT2D eigenvalue weighted by atomic mass is 9.88. The number of fused-ring (bicyclic) bond motifs is 1. The summed E-state index contributed by atoms with van der Waals surface area (Å²) in [7, 11) is 0. The van der Waals surface area contributed by atoms with Crippen molar-refractivity contribution >= 4 is 34.4 Å². The van der Waals surface area contributed by atoms with Gasteiger partial charge >= 0.3 is 0 Å². The molecular weight excluding hydrogens is 280 g/mol. The first-order chi connectivity index (χ1) is 10.2. The number of nitrogens with two attached hydrogens (primary N) is 1. The fraction of sp³-hybridized carbons (Fsp3) is 0.500. The molecule has 3 rings (SSSR count). The average Bonchev–Trinajstić information content (AvgIpc) is 2.54. The first-order valence-electron chi connectivity index (χ1n) is 7.54. The number of aromatic nitrogens is 2. The van der Waals surface area contributed by atoms with Crippen molar-refractivity contribution in [1.29, 1.82) is 0 Å².